The number of hydrogen-bond acceptors (Lipinski definition) is 5. The second-order valence-electron chi connectivity index (χ2n) is 4.30. The molecule has 1 aromatic carbocycles. The molecule has 0 radical (unpaired) electrons. The molecule has 0 saturated heterocycles. The molecule has 0 aromatic heterocycles. The molecule has 0 aliphatic carbocycles. The van der Waals surface area contributed by atoms with Gasteiger partial charge < -0.3 is 15.4 Å². The Bertz CT molecular complexity index is 496. The summed E-state index contributed by atoms with van der Waals surface area (Å²) in [4.78, 5) is 21.6. The van der Waals surface area contributed by atoms with Crippen LogP contribution < -0.4 is 10.6 Å². The van der Waals surface area contributed by atoms with Crippen molar-refractivity contribution in [1.29, 1.82) is 0 Å². The van der Waals surface area contributed by atoms with Gasteiger partial charge in [-0.2, -0.15) is 0 Å². The fourth-order valence-electron chi connectivity index (χ4n) is 1.68. The van der Waals surface area contributed by atoms with Crippen LogP contribution in [0.4, 0.5) is 10.1 Å². The maximum atomic E-state index is 13.1. The van der Waals surface area contributed by atoms with Crippen molar-refractivity contribution in [3.8, 4) is 0 Å². The Labute approximate surface area is 121 Å². The summed E-state index contributed by atoms with van der Waals surface area (Å²) in [6.07, 6.45) is 0.229. The minimum Gasteiger partial charge on any atom is -0.383 e. The van der Waals surface area contributed by atoms with Gasteiger partial charge in [0, 0.05) is 44.8 Å². The molecular formula is C13H18FN3O4. The van der Waals surface area contributed by atoms with Crippen LogP contribution in [0.3, 0.4) is 0 Å². The van der Waals surface area contributed by atoms with Crippen molar-refractivity contribution in [2.75, 3.05) is 26.8 Å². The third-order valence-electron chi connectivity index (χ3n) is 2.71. The van der Waals surface area contributed by atoms with Crippen LogP contribution in [0, 0.1) is 15.9 Å². The number of hydrogen-bond donors (Lipinski definition) is 2. The lowest BCUT2D eigenvalue weighted by molar-refractivity contribution is -0.385. The van der Waals surface area contributed by atoms with Crippen LogP contribution in [0.25, 0.3) is 0 Å². The van der Waals surface area contributed by atoms with Gasteiger partial charge in [-0.15, -0.1) is 0 Å². The predicted octanol–water partition coefficient (Wildman–Crippen LogP) is 0.976. The van der Waals surface area contributed by atoms with Crippen LogP contribution in [0.15, 0.2) is 18.2 Å². The number of carbonyl (C=O) groups excluding carboxylic acids is 1. The Morgan fingerprint density at radius 1 is 1.43 bits per heavy atom. The molecule has 0 spiro atoms. The third-order valence-corrected chi connectivity index (χ3v) is 2.71. The zero-order chi connectivity index (χ0) is 15.7. The minimum atomic E-state index is -0.562. The van der Waals surface area contributed by atoms with Crippen LogP contribution >= 0.6 is 0 Å². The first-order valence-electron chi connectivity index (χ1n) is 6.43. The SMILES string of the molecule is COCCNC(=O)CCNCc1cc(F)ccc1[N+](=O)[O-]. The van der Waals surface area contributed by atoms with Crippen molar-refractivity contribution >= 4 is 11.6 Å². The molecule has 7 nitrogen and oxygen atoms in total. The van der Waals surface area contributed by atoms with Gasteiger partial charge in [0.25, 0.3) is 5.69 Å². The van der Waals surface area contributed by atoms with Gasteiger partial charge in [0.2, 0.25) is 5.91 Å². The molecular weight excluding hydrogens is 281 g/mol. The predicted molar refractivity (Wildman–Crippen MR) is 74.3 cm³/mol. The summed E-state index contributed by atoms with van der Waals surface area (Å²) in [5, 5.41) is 16.3. The number of halogens is 1. The summed E-state index contributed by atoms with van der Waals surface area (Å²) in [6, 6.07) is 3.29. The van der Waals surface area contributed by atoms with E-state index < -0.39 is 10.7 Å². The average molecular weight is 299 g/mol. The molecule has 0 bridgehead atoms. The van der Waals surface area contributed by atoms with Crippen molar-refractivity contribution in [1.82, 2.24) is 10.6 Å². The van der Waals surface area contributed by atoms with Crippen molar-refractivity contribution in [2.24, 2.45) is 0 Å². The van der Waals surface area contributed by atoms with E-state index in [0.717, 1.165) is 18.2 Å². The highest BCUT2D eigenvalue weighted by Gasteiger charge is 2.13. The van der Waals surface area contributed by atoms with Gasteiger partial charge >= 0.3 is 0 Å². The van der Waals surface area contributed by atoms with Crippen molar-refractivity contribution in [3.05, 3.63) is 39.7 Å². The summed E-state index contributed by atoms with van der Waals surface area (Å²) < 4.78 is 17.9. The van der Waals surface area contributed by atoms with E-state index in [1.54, 1.807) is 7.11 Å². The maximum absolute atomic E-state index is 13.1. The molecule has 116 valence electrons. The Morgan fingerprint density at radius 2 is 2.19 bits per heavy atom. The van der Waals surface area contributed by atoms with Gasteiger partial charge in [-0.3, -0.25) is 14.9 Å². The number of methoxy groups -OCH3 is 1. The molecule has 1 amide bonds. The third kappa shape index (κ3) is 6.28. The number of carbonyl (C=O) groups is 1. The molecule has 8 heteroatoms. The average Bonchev–Trinajstić information content (AvgIpc) is 2.43. The fraction of sp³-hybridized carbons (Fsp3) is 0.462. The summed E-state index contributed by atoms with van der Waals surface area (Å²) >= 11 is 0. The second-order valence-corrected chi connectivity index (χ2v) is 4.30. The Morgan fingerprint density at radius 3 is 2.86 bits per heavy atom. The van der Waals surface area contributed by atoms with E-state index >= 15 is 0 Å². The topological polar surface area (TPSA) is 93.5 Å². The highest BCUT2D eigenvalue weighted by atomic mass is 19.1. The van der Waals surface area contributed by atoms with E-state index in [4.69, 9.17) is 4.74 Å². The van der Waals surface area contributed by atoms with Crippen molar-refractivity contribution in [3.63, 3.8) is 0 Å². The van der Waals surface area contributed by atoms with Crippen LogP contribution in [-0.4, -0.2) is 37.6 Å². The molecule has 2 N–H and O–H groups in total. The molecule has 1 rings (SSSR count). The van der Waals surface area contributed by atoms with Crippen molar-refractivity contribution in [2.45, 2.75) is 13.0 Å². The molecule has 0 fully saturated rings. The number of nitro groups is 1. The second kappa shape index (κ2) is 8.98. The summed E-state index contributed by atoms with van der Waals surface area (Å²) in [7, 11) is 1.54. The van der Waals surface area contributed by atoms with E-state index in [0.29, 0.717) is 19.7 Å². The first-order valence-corrected chi connectivity index (χ1v) is 6.43. The lowest BCUT2D eigenvalue weighted by atomic mass is 10.1. The molecule has 0 aliphatic heterocycles. The number of rotatable bonds is 9. The zero-order valence-corrected chi connectivity index (χ0v) is 11.7. The molecule has 0 unspecified atom stereocenters. The summed E-state index contributed by atoms with van der Waals surface area (Å²) in [6.45, 7) is 1.34. The molecule has 0 aliphatic rings. The quantitative estimate of drug-likeness (QED) is 0.403. The normalized spacial score (nSPS) is 10.4. The number of nitrogens with zero attached hydrogens (tertiary/aromatic N) is 1. The number of amides is 1. The van der Waals surface area contributed by atoms with Gasteiger partial charge in [-0.1, -0.05) is 0 Å². The van der Waals surface area contributed by atoms with E-state index in [1.165, 1.54) is 0 Å². The van der Waals surface area contributed by atoms with Gasteiger partial charge in [-0.05, 0) is 12.1 Å². The number of nitrogens with one attached hydrogen (secondary N) is 2. The Hall–Kier alpha value is -2.06. The Kier molecular flexibility index (Phi) is 7.27. The lowest BCUT2D eigenvalue weighted by Gasteiger charge is -2.07. The van der Waals surface area contributed by atoms with Gasteiger partial charge in [0.15, 0.2) is 0 Å². The minimum absolute atomic E-state index is 0.124. The molecule has 0 saturated carbocycles. The highest BCUT2D eigenvalue weighted by Crippen LogP contribution is 2.19. The summed E-state index contributed by atoms with van der Waals surface area (Å²) in [5.74, 6) is -0.678. The van der Waals surface area contributed by atoms with E-state index in [9.17, 15) is 19.3 Å². The van der Waals surface area contributed by atoms with E-state index in [-0.39, 0.29) is 30.1 Å². The van der Waals surface area contributed by atoms with Crippen LogP contribution in [0.2, 0.25) is 0 Å². The smallest absolute Gasteiger partial charge is 0.274 e. The number of benzene rings is 1. The zero-order valence-electron chi connectivity index (χ0n) is 11.7. The first-order chi connectivity index (χ1) is 10.0. The number of ether oxygens (including phenoxy) is 1. The monoisotopic (exact) mass is 299 g/mol. The Balaban J connectivity index is 2.37. The molecule has 0 atom stereocenters. The number of nitro benzene ring substituents is 1. The van der Waals surface area contributed by atoms with E-state index in [1.807, 2.05) is 0 Å². The van der Waals surface area contributed by atoms with Crippen LogP contribution in [0.1, 0.15) is 12.0 Å². The van der Waals surface area contributed by atoms with Gasteiger partial charge in [0.1, 0.15) is 5.82 Å². The first kappa shape index (κ1) is 17.0. The highest BCUT2D eigenvalue weighted by molar-refractivity contribution is 5.76. The fourth-order valence-corrected chi connectivity index (χ4v) is 1.68. The molecule has 21 heavy (non-hydrogen) atoms. The largest absolute Gasteiger partial charge is 0.383 e. The standard InChI is InChI=1S/C13H18FN3O4/c1-21-7-6-16-13(18)4-5-15-9-10-8-11(14)2-3-12(10)17(19)20/h2-3,8,15H,4-7,9H2,1H3,(H,16,18). The maximum Gasteiger partial charge on any atom is 0.274 e. The molecule has 0 heterocycles. The van der Waals surface area contributed by atoms with E-state index in [2.05, 4.69) is 10.6 Å². The van der Waals surface area contributed by atoms with Crippen molar-refractivity contribution < 1.29 is 18.8 Å². The lowest BCUT2D eigenvalue weighted by Crippen LogP contribution is -2.30. The van der Waals surface area contributed by atoms with Crippen LogP contribution in [0.5, 0.6) is 0 Å². The van der Waals surface area contributed by atoms with Crippen LogP contribution in [-0.2, 0) is 16.1 Å². The molecule has 1 aromatic rings. The van der Waals surface area contributed by atoms with Gasteiger partial charge in [-0.25, -0.2) is 4.39 Å². The summed E-state index contributed by atoms with van der Waals surface area (Å²) in [5.41, 5.74) is 0.105. The van der Waals surface area contributed by atoms with Gasteiger partial charge in [0.05, 0.1) is 11.5 Å².